The molecule has 2 nitrogen and oxygen atoms in total. The van der Waals surface area contributed by atoms with Crippen LogP contribution in [0.15, 0.2) is 24.3 Å². The van der Waals surface area contributed by atoms with E-state index in [9.17, 15) is 22.0 Å². The topological polar surface area (TPSA) is 35.2 Å². The second-order valence-electron chi connectivity index (χ2n) is 2.98. The molecule has 0 heterocycles. The fraction of sp³-hybridized carbons (Fsp3) is 0.333. The highest BCUT2D eigenvalue weighted by atomic mass is 19.4. The molecule has 0 aliphatic carbocycles. The molecule has 0 fully saturated rings. The molecule has 90 valence electrons. The van der Waals surface area contributed by atoms with Crippen LogP contribution < -0.4 is 10.5 Å². The minimum absolute atomic E-state index is 0.0459. The van der Waals surface area contributed by atoms with Crippen molar-refractivity contribution >= 4 is 0 Å². The third-order valence-corrected chi connectivity index (χ3v) is 1.77. The molecule has 0 bridgehead atoms. The summed E-state index contributed by atoms with van der Waals surface area (Å²) in [7, 11) is 0. The molecule has 0 saturated carbocycles. The Morgan fingerprint density at radius 3 is 1.94 bits per heavy atom. The number of benzene rings is 1. The van der Waals surface area contributed by atoms with Gasteiger partial charge in [-0.3, -0.25) is 0 Å². The Morgan fingerprint density at radius 2 is 1.56 bits per heavy atom. The smallest absolute Gasteiger partial charge is 0.406 e. The second kappa shape index (κ2) is 4.65. The molecular weight excluding hydrogens is 233 g/mol. The first-order chi connectivity index (χ1) is 7.29. The molecule has 2 N–H and O–H groups in total. The summed E-state index contributed by atoms with van der Waals surface area (Å²) in [6.07, 6.45) is -7.57. The Balaban J connectivity index is 2.76. The van der Waals surface area contributed by atoms with Gasteiger partial charge in [0.25, 0.3) is 6.43 Å². The predicted octanol–water partition coefficient (Wildman–Crippen LogP) is 2.85. The number of hydrogen-bond donors (Lipinski definition) is 1. The molecule has 0 spiro atoms. The maximum Gasteiger partial charge on any atom is 0.573 e. The zero-order valence-electron chi connectivity index (χ0n) is 7.84. The fourth-order valence-corrected chi connectivity index (χ4v) is 1.04. The number of nitrogens with two attached hydrogens (primary N) is 1. The van der Waals surface area contributed by atoms with Crippen LogP contribution in [0.3, 0.4) is 0 Å². The fourth-order valence-electron chi connectivity index (χ4n) is 1.04. The Labute approximate surface area is 87.8 Å². The van der Waals surface area contributed by atoms with Gasteiger partial charge in [0.1, 0.15) is 5.75 Å². The molecule has 0 radical (unpaired) electrons. The highest BCUT2D eigenvalue weighted by molar-refractivity contribution is 5.29. The molecule has 1 unspecified atom stereocenters. The Morgan fingerprint density at radius 1 is 1.06 bits per heavy atom. The van der Waals surface area contributed by atoms with Gasteiger partial charge in [0.2, 0.25) is 0 Å². The van der Waals surface area contributed by atoms with Crippen molar-refractivity contribution < 1.29 is 26.7 Å². The van der Waals surface area contributed by atoms with E-state index in [-0.39, 0.29) is 5.56 Å². The minimum Gasteiger partial charge on any atom is -0.406 e. The van der Waals surface area contributed by atoms with Crippen molar-refractivity contribution in [1.82, 2.24) is 0 Å². The zero-order chi connectivity index (χ0) is 12.3. The Bertz CT molecular complexity index is 335. The van der Waals surface area contributed by atoms with Crippen molar-refractivity contribution in [3.63, 3.8) is 0 Å². The van der Waals surface area contributed by atoms with Crippen molar-refractivity contribution in [2.24, 2.45) is 5.73 Å². The Kier molecular flexibility index (Phi) is 3.69. The van der Waals surface area contributed by atoms with E-state index in [0.29, 0.717) is 0 Å². The normalized spacial score (nSPS) is 13.9. The SMILES string of the molecule is NC(c1ccc(OC(F)(F)F)cc1)C(F)F. The lowest BCUT2D eigenvalue weighted by Crippen LogP contribution is -2.19. The molecule has 0 aliphatic rings. The molecule has 1 aromatic carbocycles. The van der Waals surface area contributed by atoms with Crippen LogP contribution in [0.25, 0.3) is 0 Å². The van der Waals surface area contributed by atoms with Crippen LogP contribution in [0.5, 0.6) is 5.75 Å². The second-order valence-corrected chi connectivity index (χ2v) is 2.98. The largest absolute Gasteiger partial charge is 0.573 e. The van der Waals surface area contributed by atoms with Crippen LogP contribution in [0.1, 0.15) is 11.6 Å². The van der Waals surface area contributed by atoms with Gasteiger partial charge in [0.15, 0.2) is 0 Å². The van der Waals surface area contributed by atoms with E-state index in [1.54, 1.807) is 0 Å². The molecular formula is C9H8F5NO. The minimum atomic E-state index is -4.80. The van der Waals surface area contributed by atoms with E-state index in [1.807, 2.05) is 0 Å². The van der Waals surface area contributed by atoms with Crippen molar-refractivity contribution in [3.05, 3.63) is 29.8 Å². The number of alkyl halides is 5. The number of halogens is 5. The molecule has 1 rings (SSSR count). The molecule has 0 aromatic heterocycles. The van der Waals surface area contributed by atoms with E-state index in [2.05, 4.69) is 4.74 Å². The first-order valence-corrected chi connectivity index (χ1v) is 4.19. The van der Waals surface area contributed by atoms with Gasteiger partial charge < -0.3 is 10.5 Å². The monoisotopic (exact) mass is 241 g/mol. The molecule has 16 heavy (non-hydrogen) atoms. The molecule has 1 aromatic rings. The summed E-state index contributed by atoms with van der Waals surface area (Å²) in [6, 6.07) is 2.49. The number of hydrogen-bond acceptors (Lipinski definition) is 2. The maximum absolute atomic E-state index is 12.1. The Hall–Kier alpha value is -1.37. The molecule has 1 atom stereocenters. The van der Waals surface area contributed by atoms with Crippen LogP contribution >= 0.6 is 0 Å². The average molecular weight is 241 g/mol. The van der Waals surface area contributed by atoms with Gasteiger partial charge in [-0.15, -0.1) is 13.2 Å². The van der Waals surface area contributed by atoms with Gasteiger partial charge in [-0.1, -0.05) is 12.1 Å². The standard InChI is InChI=1S/C9H8F5NO/c10-8(11)7(15)5-1-3-6(4-2-5)16-9(12,13)14/h1-4,7-8H,15H2. The van der Waals surface area contributed by atoms with E-state index in [4.69, 9.17) is 5.73 Å². The van der Waals surface area contributed by atoms with Crippen molar-refractivity contribution in [1.29, 1.82) is 0 Å². The van der Waals surface area contributed by atoms with E-state index in [1.165, 1.54) is 0 Å². The predicted molar refractivity (Wildman–Crippen MR) is 46.1 cm³/mol. The lowest BCUT2D eigenvalue weighted by molar-refractivity contribution is -0.274. The lowest BCUT2D eigenvalue weighted by Gasteiger charge is -2.12. The van der Waals surface area contributed by atoms with Crippen molar-refractivity contribution in [2.75, 3.05) is 0 Å². The van der Waals surface area contributed by atoms with Gasteiger partial charge in [0, 0.05) is 0 Å². The van der Waals surface area contributed by atoms with E-state index in [0.717, 1.165) is 24.3 Å². The van der Waals surface area contributed by atoms with Crippen LogP contribution in [0, 0.1) is 0 Å². The zero-order valence-corrected chi connectivity index (χ0v) is 7.84. The number of ether oxygens (including phenoxy) is 1. The van der Waals surface area contributed by atoms with Crippen LogP contribution in [-0.4, -0.2) is 12.8 Å². The summed E-state index contributed by atoms with van der Waals surface area (Å²) < 4.78 is 63.2. The first kappa shape index (κ1) is 12.7. The summed E-state index contributed by atoms with van der Waals surface area (Å²) in [4.78, 5) is 0. The van der Waals surface area contributed by atoms with Gasteiger partial charge >= 0.3 is 6.36 Å². The van der Waals surface area contributed by atoms with Crippen LogP contribution in [0.2, 0.25) is 0 Å². The van der Waals surface area contributed by atoms with Crippen LogP contribution in [-0.2, 0) is 0 Å². The number of rotatable bonds is 3. The summed E-state index contributed by atoms with van der Waals surface area (Å²) >= 11 is 0. The van der Waals surface area contributed by atoms with Gasteiger partial charge in [-0.2, -0.15) is 0 Å². The van der Waals surface area contributed by atoms with Crippen molar-refractivity contribution in [2.45, 2.75) is 18.8 Å². The van der Waals surface area contributed by atoms with Gasteiger partial charge in [-0.25, -0.2) is 8.78 Å². The summed E-state index contributed by atoms with van der Waals surface area (Å²) in [5, 5.41) is 0. The van der Waals surface area contributed by atoms with Gasteiger partial charge in [-0.05, 0) is 17.7 Å². The molecule has 0 amide bonds. The quantitative estimate of drug-likeness (QED) is 0.826. The average Bonchev–Trinajstić information content (AvgIpc) is 2.15. The van der Waals surface area contributed by atoms with Gasteiger partial charge in [0.05, 0.1) is 6.04 Å². The summed E-state index contributed by atoms with van der Waals surface area (Å²) in [5.41, 5.74) is 5.15. The highest BCUT2D eigenvalue weighted by Crippen LogP contribution is 2.25. The first-order valence-electron chi connectivity index (χ1n) is 4.19. The summed E-state index contributed by atoms with van der Waals surface area (Å²) in [5.74, 6) is -0.474. The third-order valence-electron chi connectivity index (χ3n) is 1.77. The molecule has 0 aliphatic heterocycles. The molecule has 0 saturated heterocycles. The maximum atomic E-state index is 12.1. The molecule has 7 heteroatoms. The van der Waals surface area contributed by atoms with E-state index >= 15 is 0 Å². The van der Waals surface area contributed by atoms with Crippen molar-refractivity contribution in [3.8, 4) is 5.75 Å². The highest BCUT2D eigenvalue weighted by Gasteiger charge is 2.31. The lowest BCUT2D eigenvalue weighted by atomic mass is 10.1. The van der Waals surface area contributed by atoms with E-state index < -0.39 is 24.6 Å². The summed E-state index contributed by atoms with van der Waals surface area (Å²) in [6.45, 7) is 0. The van der Waals surface area contributed by atoms with Crippen LogP contribution in [0.4, 0.5) is 22.0 Å². The third kappa shape index (κ3) is 3.65.